The molecule has 9 nitrogen and oxygen atoms in total. The molecule has 1 saturated heterocycles. The van der Waals surface area contributed by atoms with Crippen molar-refractivity contribution in [3.63, 3.8) is 0 Å². The van der Waals surface area contributed by atoms with Gasteiger partial charge in [0.15, 0.2) is 0 Å². The van der Waals surface area contributed by atoms with Crippen molar-refractivity contribution < 1.29 is 22.7 Å². The molecule has 0 spiro atoms. The van der Waals surface area contributed by atoms with Gasteiger partial charge in [-0.15, -0.1) is 0 Å². The smallest absolute Gasteiger partial charge is 0.338 e. The van der Waals surface area contributed by atoms with Crippen LogP contribution in [0.1, 0.15) is 32.4 Å². The number of amides is 2. The summed E-state index contributed by atoms with van der Waals surface area (Å²) >= 11 is 6.07. The molecule has 0 saturated carbocycles. The molecule has 11 heteroatoms. The number of carbonyl (C=O) groups is 2. The highest BCUT2D eigenvalue weighted by molar-refractivity contribution is 7.89. The minimum atomic E-state index is -3.64. The molecule has 0 unspecified atom stereocenters. The lowest BCUT2D eigenvalue weighted by atomic mass is 9.94. The number of rotatable bonds is 8. The predicted molar refractivity (Wildman–Crippen MR) is 145 cm³/mol. The number of carbonyl (C=O) groups excluding carboxylic acids is 2. The lowest BCUT2D eigenvalue weighted by Gasteiger charge is -2.42. The van der Waals surface area contributed by atoms with Crippen molar-refractivity contribution in [1.29, 1.82) is 0 Å². The van der Waals surface area contributed by atoms with Crippen LogP contribution < -0.4 is 5.32 Å². The van der Waals surface area contributed by atoms with Gasteiger partial charge < -0.3 is 10.1 Å². The highest BCUT2D eigenvalue weighted by Crippen LogP contribution is 2.33. The Morgan fingerprint density at radius 3 is 2.37 bits per heavy atom. The molecule has 4 rings (SSSR count). The Balaban J connectivity index is 1.65. The van der Waals surface area contributed by atoms with Gasteiger partial charge in [0.05, 0.1) is 23.1 Å². The average Bonchev–Trinajstić information content (AvgIpc) is 2.89. The Bertz CT molecular complexity index is 1300. The van der Waals surface area contributed by atoms with E-state index in [0.717, 1.165) is 0 Å². The van der Waals surface area contributed by atoms with E-state index in [4.69, 9.17) is 16.3 Å². The van der Waals surface area contributed by atoms with E-state index in [1.54, 1.807) is 66.4 Å². The highest BCUT2D eigenvalue weighted by atomic mass is 35.5. The molecule has 1 N–H and O–H groups in total. The normalized spacial score (nSPS) is 21.4. The number of urea groups is 1. The Kier molecular flexibility index (Phi) is 8.77. The van der Waals surface area contributed by atoms with E-state index in [1.165, 1.54) is 4.31 Å². The fourth-order valence-corrected chi connectivity index (χ4v) is 6.78. The van der Waals surface area contributed by atoms with Crippen LogP contribution in [-0.4, -0.2) is 79.9 Å². The third-order valence-electron chi connectivity index (χ3n) is 6.83. The summed E-state index contributed by atoms with van der Waals surface area (Å²) in [7, 11) is -3.64. The van der Waals surface area contributed by atoms with Crippen LogP contribution in [0.4, 0.5) is 4.79 Å². The van der Waals surface area contributed by atoms with Gasteiger partial charge >= 0.3 is 12.0 Å². The number of halogens is 1. The molecule has 2 amide bonds. The second-order valence-corrected chi connectivity index (χ2v) is 11.6. The van der Waals surface area contributed by atoms with E-state index in [-0.39, 0.29) is 23.6 Å². The van der Waals surface area contributed by atoms with Gasteiger partial charge in [-0.1, -0.05) is 41.9 Å². The van der Waals surface area contributed by atoms with Gasteiger partial charge in [0, 0.05) is 49.5 Å². The van der Waals surface area contributed by atoms with Crippen molar-refractivity contribution in [1.82, 2.24) is 19.4 Å². The van der Waals surface area contributed by atoms with Crippen LogP contribution in [0.25, 0.3) is 0 Å². The molecule has 0 radical (unpaired) electrons. The molecular weight excluding hydrogens is 528 g/mol. The van der Waals surface area contributed by atoms with Crippen molar-refractivity contribution in [3.8, 4) is 0 Å². The van der Waals surface area contributed by atoms with Crippen molar-refractivity contribution in [3.05, 3.63) is 76.5 Å². The number of nitrogens with one attached hydrogen (secondary N) is 1. The molecule has 2 aromatic rings. The molecule has 2 aliphatic rings. The number of benzene rings is 2. The van der Waals surface area contributed by atoms with E-state index in [1.807, 2.05) is 13.8 Å². The zero-order valence-corrected chi connectivity index (χ0v) is 23.3. The molecular formula is C27H33ClN4O5S. The zero-order chi connectivity index (χ0) is 27.4. The zero-order valence-electron chi connectivity index (χ0n) is 21.8. The van der Waals surface area contributed by atoms with E-state index < -0.39 is 22.0 Å². The van der Waals surface area contributed by atoms with Crippen molar-refractivity contribution in [2.24, 2.45) is 0 Å². The molecule has 2 heterocycles. The fraction of sp³-hybridized carbons (Fsp3) is 0.407. The molecule has 0 aliphatic carbocycles. The average molecular weight is 561 g/mol. The molecule has 38 heavy (non-hydrogen) atoms. The number of nitrogens with zero attached hydrogens (tertiary/aromatic N) is 3. The summed E-state index contributed by atoms with van der Waals surface area (Å²) in [6.07, 6.45) is 0. The first-order valence-electron chi connectivity index (χ1n) is 12.7. The number of ether oxygens (including phenoxy) is 1. The van der Waals surface area contributed by atoms with Gasteiger partial charge in [0.25, 0.3) is 0 Å². The van der Waals surface area contributed by atoms with Crippen LogP contribution in [0.2, 0.25) is 5.02 Å². The largest absolute Gasteiger partial charge is 0.463 e. The Hall–Kier alpha value is -2.92. The first-order chi connectivity index (χ1) is 18.2. The summed E-state index contributed by atoms with van der Waals surface area (Å²) in [5, 5.41) is 3.49. The standard InChI is InChI=1S/C27H33ClN4O5S/c1-4-31-23(18-30-15-16-32(19(3)17-30)38(35,36)22-9-7-6-8-10-22)24(26(33)37-5-2)25(29-27(31)34)20-11-13-21(28)14-12-20/h6-14,19,25H,4-5,15-18H2,1-3H3,(H,29,34)/t19-,25+/m1/s1. The van der Waals surface area contributed by atoms with Gasteiger partial charge in [0.2, 0.25) is 10.0 Å². The van der Waals surface area contributed by atoms with Crippen LogP contribution in [0.15, 0.2) is 70.8 Å². The van der Waals surface area contributed by atoms with E-state index in [0.29, 0.717) is 54.6 Å². The molecule has 2 atom stereocenters. The summed E-state index contributed by atoms with van der Waals surface area (Å²) in [6, 6.07) is 14.1. The maximum atomic E-state index is 13.3. The molecule has 204 valence electrons. The number of piperazine rings is 1. The first-order valence-corrected chi connectivity index (χ1v) is 14.5. The monoisotopic (exact) mass is 560 g/mol. The molecule has 0 aromatic heterocycles. The number of hydrogen-bond donors (Lipinski definition) is 1. The van der Waals surface area contributed by atoms with Crippen LogP contribution in [0, 0.1) is 0 Å². The highest BCUT2D eigenvalue weighted by Gasteiger charge is 2.40. The Morgan fingerprint density at radius 2 is 1.76 bits per heavy atom. The van der Waals surface area contributed by atoms with Crippen LogP contribution >= 0.6 is 11.6 Å². The van der Waals surface area contributed by atoms with E-state index in [2.05, 4.69) is 10.2 Å². The summed E-state index contributed by atoms with van der Waals surface area (Å²) in [5.74, 6) is -0.501. The topological polar surface area (TPSA) is 99.3 Å². The molecule has 0 bridgehead atoms. The third kappa shape index (κ3) is 5.73. The van der Waals surface area contributed by atoms with Crippen LogP contribution in [0.3, 0.4) is 0 Å². The number of hydrogen-bond acceptors (Lipinski definition) is 6. The molecule has 2 aromatic carbocycles. The fourth-order valence-electron chi connectivity index (χ4n) is 5.02. The molecule has 2 aliphatic heterocycles. The summed E-state index contributed by atoms with van der Waals surface area (Å²) < 4.78 is 33.4. The third-order valence-corrected chi connectivity index (χ3v) is 9.11. The van der Waals surface area contributed by atoms with Gasteiger partial charge in [-0.05, 0) is 50.6 Å². The van der Waals surface area contributed by atoms with Gasteiger partial charge in [-0.2, -0.15) is 4.31 Å². The number of sulfonamides is 1. The molecule has 1 fully saturated rings. The minimum Gasteiger partial charge on any atom is -0.463 e. The number of likely N-dealkylation sites (N-methyl/N-ethyl adjacent to an activating group) is 1. The number of esters is 1. The van der Waals surface area contributed by atoms with Gasteiger partial charge in [0.1, 0.15) is 0 Å². The van der Waals surface area contributed by atoms with Crippen molar-refractivity contribution >= 4 is 33.6 Å². The van der Waals surface area contributed by atoms with Crippen LogP contribution in [0.5, 0.6) is 0 Å². The second-order valence-electron chi connectivity index (χ2n) is 9.27. The minimum absolute atomic E-state index is 0.191. The van der Waals surface area contributed by atoms with Crippen molar-refractivity contribution in [2.75, 3.05) is 39.3 Å². The summed E-state index contributed by atoms with van der Waals surface area (Å²) in [6.45, 7) is 7.47. The quantitative estimate of drug-likeness (QED) is 0.495. The lowest BCUT2D eigenvalue weighted by Crippen LogP contribution is -2.56. The van der Waals surface area contributed by atoms with Gasteiger partial charge in [-0.25, -0.2) is 18.0 Å². The van der Waals surface area contributed by atoms with Gasteiger partial charge in [-0.3, -0.25) is 9.80 Å². The SMILES string of the molecule is CCOC(=O)C1=C(CN2CCN(S(=O)(=O)c3ccccc3)[C@H](C)C2)N(CC)C(=O)N[C@H]1c1ccc(Cl)cc1. The maximum absolute atomic E-state index is 13.3. The Labute approximate surface area is 229 Å². The maximum Gasteiger partial charge on any atom is 0.338 e. The predicted octanol–water partition coefficient (Wildman–Crippen LogP) is 3.64. The Morgan fingerprint density at radius 1 is 1.08 bits per heavy atom. The van der Waals surface area contributed by atoms with E-state index in [9.17, 15) is 18.0 Å². The summed E-state index contributed by atoms with van der Waals surface area (Å²) in [5.41, 5.74) is 1.63. The second kappa shape index (κ2) is 11.9. The first kappa shape index (κ1) is 28.1. The lowest BCUT2D eigenvalue weighted by molar-refractivity contribution is -0.139. The van der Waals surface area contributed by atoms with Crippen molar-refractivity contribution in [2.45, 2.75) is 37.8 Å². The van der Waals surface area contributed by atoms with Crippen LogP contribution in [-0.2, 0) is 19.6 Å². The van der Waals surface area contributed by atoms with E-state index >= 15 is 0 Å². The summed E-state index contributed by atoms with van der Waals surface area (Å²) in [4.78, 5) is 30.3.